The third kappa shape index (κ3) is 4.30. The number of ether oxygens (including phenoxy) is 1. The second-order valence-corrected chi connectivity index (χ2v) is 6.54. The molecule has 1 N–H and O–H groups in total. The molecule has 1 unspecified atom stereocenters. The van der Waals surface area contributed by atoms with Gasteiger partial charge in [-0.25, -0.2) is 0 Å². The molecule has 2 heterocycles. The van der Waals surface area contributed by atoms with Crippen LogP contribution in [0.3, 0.4) is 0 Å². The minimum absolute atomic E-state index is 0.0523. The summed E-state index contributed by atoms with van der Waals surface area (Å²) < 4.78 is 7.36. The van der Waals surface area contributed by atoms with Crippen molar-refractivity contribution in [2.24, 2.45) is 5.92 Å². The van der Waals surface area contributed by atoms with Gasteiger partial charge in [-0.1, -0.05) is 27.7 Å². The number of hydrogen-bond acceptors (Lipinski definition) is 3. The Bertz CT molecular complexity index is 476. The summed E-state index contributed by atoms with van der Waals surface area (Å²) in [5, 5.41) is 7.44. The van der Waals surface area contributed by atoms with Crippen LogP contribution in [0.15, 0.2) is 6.20 Å². The number of aromatic nitrogens is 2. The number of carbonyl (C=O) groups is 1. The number of amides is 1. The Balaban J connectivity index is 1.97. The monoisotopic (exact) mass is 293 g/mol. The summed E-state index contributed by atoms with van der Waals surface area (Å²) in [7, 11) is 0. The number of anilines is 1. The molecule has 1 aliphatic heterocycles. The first-order valence-corrected chi connectivity index (χ1v) is 7.94. The quantitative estimate of drug-likeness (QED) is 0.840. The smallest absolute Gasteiger partial charge is 0.224 e. The summed E-state index contributed by atoms with van der Waals surface area (Å²) in [5.74, 6) is 0.912. The SMILES string of the molecule is CC(C)Cn1ncc(NC(=O)CCC2CCO2)c1C(C)C. The van der Waals surface area contributed by atoms with Crippen molar-refractivity contribution in [2.75, 3.05) is 11.9 Å². The number of nitrogens with zero attached hydrogens (tertiary/aromatic N) is 2. The average molecular weight is 293 g/mol. The molecule has 0 radical (unpaired) electrons. The third-order valence-electron chi connectivity index (χ3n) is 3.73. The van der Waals surface area contributed by atoms with Crippen molar-refractivity contribution in [2.45, 2.75) is 65.5 Å². The van der Waals surface area contributed by atoms with E-state index in [0.717, 1.165) is 37.4 Å². The summed E-state index contributed by atoms with van der Waals surface area (Å²) in [6, 6.07) is 0. The maximum Gasteiger partial charge on any atom is 0.224 e. The van der Waals surface area contributed by atoms with Crippen molar-refractivity contribution in [1.82, 2.24) is 9.78 Å². The lowest BCUT2D eigenvalue weighted by Gasteiger charge is -2.25. The molecule has 5 heteroatoms. The zero-order valence-corrected chi connectivity index (χ0v) is 13.6. The molecular formula is C16H27N3O2. The van der Waals surface area contributed by atoms with Gasteiger partial charge in [0, 0.05) is 19.6 Å². The summed E-state index contributed by atoms with van der Waals surface area (Å²) >= 11 is 0. The van der Waals surface area contributed by atoms with Gasteiger partial charge < -0.3 is 10.1 Å². The Labute approximate surface area is 127 Å². The van der Waals surface area contributed by atoms with Crippen molar-refractivity contribution in [3.05, 3.63) is 11.9 Å². The van der Waals surface area contributed by atoms with Gasteiger partial charge in [0.15, 0.2) is 0 Å². The fourth-order valence-electron chi connectivity index (χ4n) is 2.61. The second kappa shape index (κ2) is 7.07. The molecular weight excluding hydrogens is 266 g/mol. The van der Waals surface area contributed by atoms with Gasteiger partial charge in [0.25, 0.3) is 0 Å². The lowest BCUT2D eigenvalue weighted by atomic mass is 10.1. The van der Waals surface area contributed by atoms with E-state index in [0.29, 0.717) is 18.3 Å². The van der Waals surface area contributed by atoms with E-state index >= 15 is 0 Å². The molecule has 0 aliphatic carbocycles. The van der Waals surface area contributed by atoms with Crippen LogP contribution in [0.5, 0.6) is 0 Å². The zero-order valence-electron chi connectivity index (χ0n) is 13.6. The van der Waals surface area contributed by atoms with Crippen LogP contribution >= 0.6 is 0 Å². The average Bonchev–Trinajstić information content (AvgIpc) is 2.68. The summed E-state index contributed by atoms with van der Waals surface area (Å²) in [6.45, 7) is 10.3. The van der Waals surface area contributed by atoms with Gasteiger partial charge >= 0.3 is 0 Å². The Morgan fingerprint density at radius 1 is 1.48 bits per heavy atom. The van der Waals surface area contributed by atoms with E-state index in [-0.39, 0.29) is 12.0 Å². The van der Waals surface area contributed by atoms with Gasteiger partial charge in [0.05, 0.1) is 23.7 Å². The van der Waals surface area contributed by atoms with Gasteiger partial charge in [0.2, 0.25) is 5.91 Å². The van der Waals surface area contributed by atoms with Crippen molar-refractivity contribution in [3.63, 3.8) is 0 Å². The largest absolute Gasteiger partial charge is 0.378 e. The van der Waals surface area contributed by atoms with Crippen molar-refractivity contribution >= 4 is 11.6 Å². The molecule has 118 valence electrons. The summed E-state index contributed by atoms with van der Waals surface area (Å²) in [5.41, 5.74) is 1.96. The fraction of sp³-hybridized carbons (Fsp3) is 0.750. The van der Waals surface area contributed by atoms with E-state index in [1.54, 1.807) is 6.20 Å². The molecule has 1 aliphatic rings. The van der Waals surface area contributed by atoms with Crippen LogP contribution in [-0.4, -0.2) is 28.4 Å². The standard InChI is InChI=1S/C16H27N3O2/c1-11(2)10-19-16(12(3)4)14(9-17-19)18-15(20)6-5-13-7-8-21-13/h9,11-13H,5-8,10H2,1-4H3,(H,18,20). The molecule has 0 aromatic carbocycles. The van der Waals surface area contributed by atoms with Gasteiger partial charge in [-0.15, -0.1) is 0 Å². The lowest BCUT2D eigenvalue weighted by Crippen LogP contribution is -2.28. The summed E-state index contributed by atoms with van der Waals surface area (Å²) in [4.78, 5) is 12.1. The first-order valence-electron chi connectivity index (χ1n) is 7.94. The van der Waals surface area contributed by atoms with Crippen LogP contribution in [0.2, 0.25) is 0 Å². The van der Waals surface area contributed by atoms with Crippen LogP contribution in [0.25, 0.3) is 0 Å². The van der Waals surface area contributed by atoms with Gasteiger partial charge in [-0.2, -0.15) is 5.10 Å². The molecule has 2 rings (SSSR count). The van der Waals surface area contributed by atoms with E-state index < -0.39 is 0 Å². The highest BCUT2D eigenvalue weighted by Gasteiger charge is 2.20. The molecule has 21 heavy (non-hydrogen) atoms. The molecule has 0 spiro atoms. The van der Waals surface area contributed by atoms with Gasteiger partial charge in [-0.3, -0.25) is 9.48 Å². The zero-order chi connectivity index (χ0) is 15.4. The maximum atomic E-state index is 12.1. The molecule has 1 aromatic rings. The van der Waals surface area contributed by atoms with Crippen LogP contribution in [0.1, 0.15) is 58.6 Å². The van der Waals surface area contributed by atoms with Gasteiger partial charge in [0.1, 0.15) is 0 Å². The highest BCUT2D eigenvalue weighted by Crippen LogP contribution is 2.25. The molecule has 1 atom stereocenters. The number of rotatable bonds is 7. The molecule has 1 fully saturated rings. The topological polar surface area (TPSA) is 56.2 Å². The predicted octanol–water partition coefficient (Wildman–Crippen LogP) is 3.17. The third-order valence-corrected chi connectivity index (χ3v) is 3.73. The first kappa shape index (κ1) is 16.0. The van der Waals surface area contributed by atoms with E-state index in [2.05, 4.69) is 38.1 Å². The highest BCUT2D eigenvalue weighted by atomic mass is 16.5. The number of carbonyl (C=O) groups excluding carboxylic acids is 1. The van der Waals surface area contributed by atoms with Crippen molar-refractivity contribution < 1.29 is 9.53 Å². The lowest BCUT2D eigenvalue weighted by molar-refractivity contribution is -0.118. The molecule has 0 bridgehead atoms. The Morgan fingerprint density at radius 2 is 2.19 bits per heavy atom. The van der Waals surface area contributed by atoms with E-state index in [1.807, 2.05) is 4.68 Å². The van der Waals surface area contributed by atoms with E-state index in [1.165, 1.54) is 0 Å². The maximum absolute atomic E-state index is 12.1. The second-order valence-electron chi connectivity index (χ2n) is 6.54. The Kier molecular flexibility index (Phi) is 5.39. The molecule has 1 amide bonds. The minimum Gasteiger partial charge on any atom is -0.378 e. The van der Waals surface area contributed by atoms with Crippen LogP contribution in [0, 0.1) is 5.92 Å². The van der Waals surface area contributed by atoms with Crippen molar-refractivity contribution in [1.29, 1.82) is 0 Å². The van der Waals surface area contributed by atoms with Crippen LogP contribution in [-0.2, 0) is 16.1 Å². The Morgan fingerprint density at radius 3 is 2.71 bits per heavy atom. The highest BCUT2D eigenvalue weighted by molar-refractivity contribution is 5.91. The van der Waals surface area contributed by atoms with Gasteiger partial charge in [-0.05, 0) is 24.7 Å². The van der Waals surface area contributed by atoms with E-state index in [9.17, 15) is 4.79 Å². The van der Waals surface area contributed by atoms with Crippen LogP contribution < -0.4 is 5.32 Å². The molecule has 5 nitrogen and oxygen atoms in total. The number of nitrogens with one attached hydrogen (secondary N) is 1. The number of hydrogen-bond donors (Lipinski definition) is 1. The Hall–Kier alpha value is -1.36. The predicted molar refractivity (Wildman–Crippen MR) is 83.4 cm³/mol. The first-order chi connectivity index (χ1) is 9.97. The van der Waals surface area contributed by atoms with E-state index in [4.69, 9.17) is 4.74 Å². The molecule has 1 aromatic heterocycles. The molecule has 0 saturated carbocycles. The molecule has 1 saturated heterocycles. The fourth-order valence-corrected chi connectivity index (χ4v) is 2.61. The summed E-state index contributed by atoms with van der Waals surface area (Å²) in [6.07, 6.45) is 4.45. The van der Waals surface area contributed by atoms with Crippen LogP contribution in [0.4, 0.5) is 5.69 Å². The van der Waals surface area contributed by atoms with Crippen molar-refractivity contribution in [3.8, 4) is 0 Å². The minimum atomic E-state index is 0.0523. The normalized spacial score (nSPS) is 18.1.